The van der Waals surface area contributed by atoms with Crippen molar-refractivity contribution in [1.29, 1.82) is 0 Å². The fraction of sp³-hybridized carbons (Fsp3) is 0.100. The van der Waals surface area contributed by atoms with Gasteiger partial charge in [0.05, 0.1) is 16.5 Å². The van der Waals surface area contributed by atoms with E-state index in [1.54, 1.807) is 24.3 Å². The molecule has 24 heavy (non-hydrogen) atoms. The zero-order valence-electron chi connectivity index (χ0n) is 13.3. The first kappa shape index (κ1) is 14.5. The Morgan fingerprint density at radius 2 is 1.71 bits per heavy atom. The largest absolute Gasteiger partial charge is 0.463 e. The van der Waals surface area contributed by atoms with Gasteiger partial charge in [0.15, 0.2) is 11.2 Å². The van der Waals surface area contributed by atoms with Crippen LogP contribution in [0.1, 0.15) is 27.0 Å². The predicted octanol–water partition coefficient (Wildman–Crippen LogP) is 4.03. The van der Waals surface area contributed by atoms with Crippen LogP contribution in [0.25, 0.3) is 17.0 Å². The number of hydrogen-bond acceptors (Lipinski definition) is 4. The number of allylic oxidation sites excluding steroid dienone is 1. The smallest absolute Gasteiger partial charge is 0.231 e. The molecule has 4 heteroatoms. The maximum absolute atomic E-state index is 12.6. The van der Waals surface area contributed by atoms with Gasteiger partial charge in [-0.15, -0.1) is 0 Å². The molecule has 2 heterocycles. The number of carbonyl (C=O) groups is 1. The Bertz CT molecular complexity index is 1090. The van der Waals surface area contributed by atoms with Crippen molar-refractivity contribution in [3.63, 3.8) is 0 Å². The van der Waals surface area contributed by atoms with E-state index in [1.165, 1.54) is 12.3 Å². The zero-order valence-corrected chi connectivity index (χ0v) is 13.3. The summed E-state index contributed by atoms with van der Waals surface area (Å²) in [6.07, 6.45) is 2.81. The average molecular weight is 318 g/mol. The molecule has 1 aliphatic rings. The molecule has 0 unspecified atom stereocenters. The van der Waals surface area contributed by atoms with E-state index >= 15 is 0 Å². The third-order valence-corrected chi connectivity index (χ3v) is 4.06. The lowest BCUT2D eigenvalue weighted by Crippen LogP contribution is -2.07. The van der Waals surface area contributed by atoms with Gasteiger partial charge in [0.2, 0.25) is 5.78 Å². The summed E-state index contributed by atoms with van der Waals surface area (Å²) in [7, 11) is 0. The van der Waals surface area contributed by atoms with Crippen LogP contribution >= 0.6 is 0 Å². The molecular formula is C20H14O4. The van der Waals surface area contributed by atoms with E-state index in [0.717, 1.165) is 11.1 Å². The maximum atomic E-state index is 12.6. The van der Waals surface area contributed by atoms with Crippen LogP contribution in [0.15, 0.2) is 57.6 Å². The van der Waals surface area contributed by atoms with Gasteiger partial charge in [-0.3, -0.25) is 9.59 Å². The quantitative estimate of drug-likeness (QED) is 0.636. The van der Waals surface area contributed by atoms with Gasteiger partial charge in [0.1, 0.15) is 17.6 Å². The molecule has 2 aromatic carbocycles. The highest BCUT2D eigenvalue weighted by Crippen LogP contribution is 2.32. The Kier molecular flexibility index (Phi) is 3.13. The Labute approximate surface area is 138 Å². The van der Waals surface area contributed by atoms with Gasteiger partial charge in [-0.05, 0) is 44.2 Å². The minimum Gasteiger partial charge on any atom is -0.463 e. The molecule has 118 valence electrons. The lowest BCUT2D eigenvalue weighted by atomic mass is 10.1. The van der Waals surface area contributed by atoms with Crippen molar-refractivity contribution in [1.82, 2.24) is 0 Å². The number of rotatable bonds is 1. The standard InChI is InChI=1S/C20H14O4/c1-11-3-5-16-14(7-11)19(21)13(10-23-16)9-18-20(22)15-8-12(2)4-6-17(15)24-18/h3-10H,1-2H3/b18-9-. The first-order valence-electron chi connectivity index (χ1n) is 7.60. The van der Waals surface area contributed by atoms with Gasteiger partial charge in [-0.2, -0.15) is 0 Å². The van der Waals surface area contributed by atoms with Crippen molar-refractivity contribution in [3.8, 4) is 5.75 Å². The van der Waals surface area contributed by atoms with Crippen molar-refractivity contribution in [2.75, 3.05) is 0 Å². The highest BCUT2D eigenvalue weighted by Gasteiger charge is 2.27. The number of aryl methyl sites for hydroxylation is 2. The molecular weight excluding hydrogens is 304 g/mol. The summed E-state index contributed by atoms with van der Waals surface area (Å²) in [5.74, 6) is 0.421. The maximum Gasteiger partial charge on any atom is 0.231 e. The SMILES string of the molecule is Cc1ccc2c(c1)C(=O)/C(=C/c1coc3ccc(C)cc3c1=O)O2. The van der Waals surface area contributed by atoms with Gasteiger partial charge >= 0.3 is 0 Å². The molecule has 0 aliphatic carbocycles. The summed E-state index contributed by atoms with van der Waals surface area (Å²) in [5, 5.41) is 0.489. The Hall–Kier alpha value is -3.14. The van der Waals surface area contributed by atoms with Crippen molar-refractivity contribution in [2.45, 2.75) is 13.8 Å². The summed E-state index contributed by atoms with van der Waals surface area (Å²) in [5.41, 5.74) is 3.09. The fourth-order valence-electron chi connectivity index (χ4n) is 2.80. The van der Waals surface area contributed by atoms with E-state index in [0.29, 0.717) is 27.8 Å². The van der Waals surface area contributed by atoms with E-state index in [9.17, 15) is 9.59 Å². The van der Waals surface area contributed by atoms with Crippen LogP contribution in [0, 0.1) is 13.8 Å². The Morgan fingerprint density at radius 3 is 2.54 bits per heavy atom. The second-order valence-corrected chi connectivity index (χ2v) is 5.96. The van der Waals surface area contributed by atoms with E-state index in [4.69, 9.17) is 9.15 Å². The highest BCUT2D eigenvalue weighted by molar-refractivity contribution is 6.14. The van der Waals surface area contributed by atoms with E-state index < -0.39 is 0 Å². The summed E-state index contributed by atoms with van der Waals surface area (Å²) >= 11 is 0. The van der Waals surface area contributed by atoms with Crippen LogP contribution in [0.4, 0.5) is 0 Å². The summed E-state index contributed by atoms with van der Waals surface area (Å²) in [6.45, 7) is 3.82. The number of ether oxygens (including phenoxy) is 1. The number of Topliss-reactive ketones (excluding diaryl/α,β-unsaturated/α-hetero) is 1. The highest BCUT2D eigenvalue weighted by atomic mass is 16.5. The molecule has 4 nitrogen and oxygen atoms in total. The average Bonchev–Trinajstić information content (AvgIpc) is 2.87. The van der Waals surface area contributed by atoms with Crippen molar-refractivity contribution in [2.24, 2.45) is 0 Å². The molecule has 1 aromatic heterocycles. The lowest BCUT2D eigenvalue weighted by Gasteiger charge is -2.01. The van der Waals surface area contributed by atoms with E-state index in [2.05, 4.69) is 0 Å². The summed E-state index contributed by atoms with van der Waals surface area (Å²) < 4.78 is 11.1. The first-order chi connectivity index (χ1) is 11.5. The van der Waals surface area contributed by atoms with Crippen LogP contribution in [0.5, 0.6) is 5.75 Å². The molecule has 3 aromatic rings. The zero-order chi connectivity index (χ0) is 16.8. The van der Waals surface area contributed by atoms with E-state index in [1.807, 2.05) is 26.0 Å². The van der Waals surface area contributed by atoms with E-state index in [-0.39, 0.29) is 17.0 Å². The van der Waals surface area contributed by atoms with Gasteiger partial charge < -0.3 is 9.15 Å². The fourth-order valence-corrected chi connectivity index (χ4v) is 2.80. The van der Waals surface area contributed by atoms with Gasteiger partial charge in [0.25, 0.3) is 0 Å². The lowest BCUT2D eigenvalue weighted by molar-refractivity contribution is 0.101. The Morgan fingerprint density at radius 1 is 0.958 bits per heavy atom. The molecule has 0 saturated heterocycles. The van der Waals surface area contributed by atoms with Crippen molar-refractivity contribution in [3.05, 3.63) is 80.9 Å². The molecule has 0 fully saturated rings. The Balaban J connectivity index is 1.83. The second kappa shape index (κ2) is 5.20. The van der Waals surface area contributed by atoms with Crippen molar-refractivity contribution >= 4 is 22.8 Å². The third kappa shape index (κ3) is 2.24. The van der Waals surface area contributed by atoms with Crippen LogP contribution < -0.4 is 10.2 Å². The number of benzene rings is 2. The number of fused-ring (bicyclic) bond motifs is 2. The molecule has 0 amide bonds. The molecule has 1 aliphatic heterocycles. The van der Waals surface area contributed by atoms with Crippen LogP contribution in [0.2, 0.25) is 0 Å². The van der Waals surface area contributed by atoms with Crippen LogP contribution in [-0.4, -0.2) is 5.78 Å². The first-order valence-corrected chi connectivity index (χ1v) is 7.60. The number of ketones is 1. The molecule has 0 bridgehead atoms. The molecule has 0 radical (unpaired) electrons. The van der Waals surface area contributed by atoms with Crippen molar-refractivity contribution < 1.29 is 13.9 Å². The van der Waals surface area contributed by atoms with Crippen LogP contribution in [-0.2, 0) is 0 Å². The normalized spacial score (nSPS) is 14.9. The second-order valence-electron chi connectivity index (χ2n) is 5.96. The summed E-state index contributed by atoms with van der Waals surface area (Å²) in [6, 6.07) is 10.8. The molecule has 0 spiro atoms. The number of carbonyl (C=O) groups excluding carboxylic acids is 1. The number of hydrogen-bond donors (Lipinski definition) is 0. The minimum absolute atomic E-state index is 0.134. The van der Waals surface area contributed by atoms with Gasteiger partial charge in [-0.1, -0.05) is 23.3 Å². The van der Waals surface area contributed by atoms with Crippen LogP contribution in [0.3, 0.4) is 0 Å². The van der Waals surface area contributed by atoms with Gasteiger partial charge in [0, 0.05) is 0 Å². The summed E-state index contributed by atoms with van der Waals surface area (Å²) in [4.78, 5) is 25.1. The molecule has 0 atom stereocenters. The topological polar surface area (TPSA) is 56.5 Å². The predicted molar refractivity (Wildman–Crippen MR) is 91.3 cm³/mol. The van der Waals surface area contributed by atoms with Gasteiger partial charge in [-0.25, -0.2) is 0 Å². The monoisotopic (exact) mass is 318 g/mol. The molecule has 4 rings (SSSR count). The third-order valence-electron chi connectivity index (χ3n) is 4.06. The molecule has 0 N–H and O–H groups in total. The molecule has 0 saturated carbocycles. The minimum atomic E-state index is -0.225.